The van der Waals surface area contributed by atoms with Crippen LogP contribution in [-0.4, -0.2) is 27.9 Å². The molecule has 3 aromatic carbocycles. The van der Waals surface area contributed by atoms with E-state index in [4.69, 9.17) is 16.6 Å². The molecule has 2 heterocycles. The van der Waals surface area contributed by atoms with Gasteiger partial charge in [-0.3, -0.25) is 9.59 Å². The fourth-order valence-corrected chi connectivity index (χ4v) is 4.68. The second kappa shape index (κ2) is 9.31. The second-order valence-electron chi connectivity index (χ2n) is 8.52. The number of hydrogen-bond donors (Lipinski definition) is 1. The summed E-state index contributed by atoms with van der Waals surface area (Å²) in [5, 5.41) is 3.58. The van der Waals surface area contributed by atoms with Gasteiger partial charge in [0, 0.05) is 22.8 Å². The molecule has 5 rings (SSSR count). The number of hydrogen-bond acceptors (Lipinski definition) is 3. The van der Waals surface area contributed by atoms with Gasteiger partial charge in [-0.25, -0.2) is 4.98 Å². The number of para-hydroxylation sites is 3. The number of nitrogens with one attached hydrogen (secondary N) is 1. The monoisotopic (exact) mass is 472 g/mol. The Morgan fingerprint density at radius 2 is 1.76 bits per heavy atom. The molecule has 0 bridgehead atoms. The molecule has 1 unspecified atom stereocenters. The Hall–Kier alpha value is -3.64. The van der Waals surface area contributed by atoms with E-state index in [1.807, 2.05) is 58.9 Å². The van der Waals surface area contributed by atoms with Crippen molar-refractivity contribution in [2.75, 3.05) is 11.4 Å². The molecular formula is C27H25ClN4O2. The molecular weight excluding hydrogens is 448 g/mol. The summed E-state index contributed by atoms with van der Waals surface area (Å²) in [5.74, 6) is 0.425. The van der Waals surface area contributed by atoms with Crippen LogP contribution in [0.5, 0.6) is 0 Å². The van der Waals surface area contributed by atoms with E-state index >= 15 is 0 Å². The molecule has 0 aliphatic carbocycles. The van der Waals surface area contributed by atoms with Crippen molar-refractivity contribution in [3.8, 4) is 0 Å². The lowest BCUT2D eigenvalue weighted by Gasteiger charge is -2.30. The van der Waals surface area contributed by atoms with Crippen LogP contribution in [0.15, 0.2) is 72.8 Å². The number of carbonyl (C=O) groups excluding carboxylic acids is 2. The average molecular weight is 473 g/mol. The molecule has 2 amide bonds. The number of amides is 2. The van der Waals surface area contributed by atoms with E-state index in [0.717, 1.165) is 29.6 Å². The molecule has 1 aliphatic rings. The normalized spacial score (nSPS) is 14.0. The zero-order valence-corrected chi connectivity index (χ0v) is 19.6. The van der Waals surface area contributed by atoms with E-state index in [9.17, 15) is 9.59 Å². The molecule has 1 aromatic heterocycles. The number of aromatic nitrogens is 2. The summed E-state index contributed by atoms with van der Waals surface area (Å²) in [7, 11) is 0. The number of imidazole rings is 1. The van der Waals surface area contributed by atoms with Crippen molar-refractivity contribution in [2.24, 2.45) is 0 Å². The molecule has 0 fully saturated rings. The lowest BCUT2D eigenvalue weighted by Crippen LogP contribution is -2.38. The van der Waals surface area contributed by atoms with Crippen LogP contribution in [0.1, 0.15) is 41.1 Å². The third-order valence-corrected chi connectivity index (χ3v) is 6.48. The van der Waals surface area contributed by atoms with Gasteiger partial charge in [0.2, 0.25) is 5.91 Å². The van der Waals surface area contributed by atoms with Crippen LogP contribution in [0.2, 0.25) is 5.02 Å². The highest BCUT2D eigenvalue weighted by atomic mass is 35.5. The molecule has 6 nitrogen and oxygen atoms in total. The Morgan fingerprint density at radius 3 is 2.59 bits per heavy atom. The van der Waals surface area contributed by atoms with Gasteiger partial charge in [-0.05, 0) is 67.8 Å². The van der Waals surface area contributed by atoms with Crippen LogP contribution in [0.25, 0.3) is 11.0 Å². The SMILES string of the molecule is CC(NC(=O)c1ccc(Cl)cc1)c1nc2ccccc2n1CC(=O)N1CCCc2ccccc21. The van der Waals surface area contributed by atoms with Gasteiger partial charge in [0.05, 0.1) is 17.1 Å². The summed E-state index contributed by atoms with van der Waals surface area (Å²) in [5.41, 5.74) is 4.34. The predicted octanol–water partition coefficient (Wildman–Crippen LogP) is 5.16. The van der Waals surface area contributed by atoms with Gasteiger partial charge >= 0.3 is 0 Å². The minimum absolute atomic E-state index is 0.00720. The van der Waals surface area contributed by atoms with E-state index < -0.39 is 6.04 Å². The molecule has 1 atom stereocenters. The topological polar surface area (TPSA) is 67.2 Å². The van der Waals surface area contributed by atoms with Crippen molar-refractivity contribution < 1.29 is 9.59 Å². The van der Waals surface area contributed by atoms with Crippen LogP contribution < -0.4 is 10.2 Å². The summed E-state index contributed by atoms with van der Waals surface area (Å²) >= 11 is 5.95. The molecule has 7 heteroatoms. The fraction of sp³-hybridized carbons (Fsp3) is 0.222. The molecule has 0 spiro atoms. The van der Waals surface area contributed by atoms with Crippen molar-refractivity contribution in [1.82, 2.24) is 14.9 Å². The largest absolute Gasteiger partial charge is 0.342 e. The maximum atomic E-state index is 13.5. The first-order chi connectivity index (χ1) is 16.5. The Kier molecular flexibility index (Phi) is 6.07. The molecule has 4 aromatic rings. The Labute approximate surface area is 203 Å². The summed E-state index contributed by atoms with van der Waals surface area (Å²) in [6, 6.07) is 22.1. The Balaban J connectivity index is 1.44. The van der Waals surface area contributed by atoms with Crippen molar-refractivity contribution in [2.45, 2.75) is 32.4 Å². The van der Waals surface area contributed by atoms with Gasteiger partial charge in [-0.15, -0.1) is 0 Å². The van der Waals surface area contributed by atoms with Gasteiger partial charge in [0.25, 0.3) is 5.91 Å². The Bertz CT molecular complexity index is 1360. The Morgan fingerprint density at radius 1 is 1.03 bits per heavy atom. The minimum atomic E-state index is -0.406. The molecule has 1 N–H and O–H groups in total. The van der Waals surface area contributed by atoms with Crippen LogP contribution in [-0.2, 0) is 17.8 Å². The molecule has 0 radical (unpaired) electrons. The number of nitrogens with zero attached hydrogens (tertiary/aromatic N) is 3. The highest BCUT2D eigenvalue weighted by Crippen LogP contribution is 2.28. The predicted molar refractivity (Wildman–Crippen MR) is 134 cm³/mol. The summed E-state index contributed by atoms with van der Waals surface area (Å²) < 4.78 is 1.92. The summed E-state index contributed by atoms with van der Waals surface area (Å²) in [6.07, 6.45) is 1.92. The number of anilines is 1. The van der Waals surface area contributed by atoms with Gasteiger partial charge in [0.1, 0.15) is 12.4 Å². The first kappa shape index (κ1) is 22.2. The van der Waals surface area contributed by atoms with E-state index in [1.165, 1.54) is 5.56 Å². The number of halogens is 1. The summed E-state index contributed by atoms with van der Waals surface area (Å²) in [4.78, 5) is 32.9. The lowest BCUT2D eigenvalue weighted by molar-refractivity contribution is -0.119. The first-order valence-corrected chi connectivity index (χ1v) is 11.8. The fourth-order valence-electron chi connectivity index (χ4n) is 4.55. The number of benzene rings is 3. The quantitative estimate of drug-likeness (QED) is 0.436. The third-order valence-electron chi connectivity index (χ3n) is 6.23. The van der Waals surface area contributed by atoms with E-state index in [0.29, 0.717) is 23.0 Å². The molecule has 0 saturated heterocycles. The smallest absolute Gasteiger partial charge is 0.251 e. The minimum Gasteiger partial charge on any atom is -0.342 e. The number of aryl methyl sites for hydroxylation is 1. The van der Waals surface area contributed by atoms with Gasteiger partial charge < -0.3 is 14.8 Å². The maximum absolute atomic E-state index is 13.5. The van der Waals surface area contributed by atoms with Crippen LogP contribution >= 0.6 is 11.6 Å². The highest BCUT2D eigenvalue weighted by molar-refractivity contribution is 6.30. The average Bonchev–Trinajstić information content (AvgIpc) is 3.22. The molecule has 34 heavy (non-hydrogen) atoms. The molecule has 1 aliphatic heterocycles. The van der Waals surface area contributed by atoms with E-state index in [2.05, 4.69) is 11.4 Å². The standard InChI is InChI=1S/C27H25ClN4O2/c1-18(29-27(34)20-12-14-21(28)15-13-20)26-30-22-9-3-5-11-24(22)32(26)17-25(33)31-16-6-8-19-7-2-4-10-23(19)31/h2-5,7,9-15,18H,6,8,16-17H2,1H3,(H,29,34). The van der Waals surface area contributed by atoms with E-state index in [-0.39, 0.29) is 18.4 Å². The van der Waals surface area contributed by atoms with Gasteiger partial charge in [-0.1, -0.05) is 41.9 Å². The molecule has 0 saturated carbocycles. The lowest BCUT2D eigenvalue weighted by atomic mass is 10.0. The van der Waals surface area contributed by atoms with Crippen molar-refractivity contribution in [3.63, 3.8) is 0 Å². The van der Waals surface area contributed by atoms with E-state index in [1.54, 1.807) is 24.3 Å². The van der Waals surface area contributed by atoms with Crippen LogP contribution in [0.3, 0.4) is 0 Å². The third kappa shape index (κ3) is 4.29. The van der Waals surface area contributed by atoms with Crippen molar-refractivity contribution >= 4 is 40.1 Å². The van der Waals surface area contributed by atoms with Crippen LogP contribution in [0, 0.1) is 0 Å². The van der Waals surface area contributed by atoms with Gasteiger partial charge in [-0.2, -0.15) is 0 Å². The van der Waals surface area contributed by atoms with Gasteiger partial charge in [0.15, 0.2) is 0 Å². The number of carbonyl (C=O) groups is 2. The first-order valence-electron chi connectivity index (χ1n) is 11.4. The van der Waals surface area contributed by atoms with Crippen LogP contribution in [0.4, 0.5) is 5.69 Å². The zero-order valence-electron chi connectivity index (χ0n) is 18.9. The second-order valence-corrected chi connectivity index (χ2v) is 8.96. The van der Waals surface area contributed by atoms with Crippen molar-refractivity contribution in [3.05, 3.63) is 94.8 Å². The number of rotatable bonds is 5. The zero-order chi connectivity index (χ0) is 23.7. The maximum Gasteiger partial charge on any atom is 0.251 e. The highest BCUT2D eigenvalue weighted by Gasteiger charge is 2.25. The number of fused-ring (bicyclic) bond motifs is 2. The van der Waals surface area contributed by atoms with Crippen molar-refractivity contribution in [1.29, 1.82) is 0 Å². The summed E-state index contributed by atoms with van der Waals surface area (Å²) in [6.45, 7) is 2.72. The molecule has 172 valence electrons.